The Morgan fingerprint density at radius 2 is 1.42 bits per heavy atom. The van der Waals surface area contributed by atoms with Gasteiger partial charge in [0.25, 0.3) is 5.60 Å². The number of hydrogen-bond donors (Lipinski definition) is 2. The second-order valence-electron chi connectivity index (χ2n) is 9.75. The van der Waals surface area contributed by atoms with Gasteiger partial charge in [-0.15, -0.1) is 11.3 Å². The predicted octanol–water partition coefficient (Wildman–Crippen LogP) is 6.12. The van der Waals surface area contributed by atoms with E-state index in [-0.39, 0.29) is 6.54 Å². The zero-order valence-corrected chi connectivity index (χ0v) is 20.7. The van der Waals surface area contributed by atoms with Crippen LogP contribution >= 0.6 is 11.3 Å². The lowest BCUT2D eigenvalue weighted by molar-refractivity contribution is -0.376. The van der Waals surface area contributed by atoms with Crippen molar-refractivity contribution in [3.63, 3.8) is 0 Å². The first kappa shape index (κ1) is 26.8. The average molecular weight is 531 g/mol. The summed E-state index contributed by atoms with van der Waals surface area (Å²) in [6, 6.07) is 11.1. The predicted molar refractivity (Wildman–Crippen MR) is 127 cm³/mol. The maximum Gasteiger partial charge on any atom is 0.505 e. The van der Waals surface area contributed by atoms with Crippen LogP contribution in [0, 0.1) is 0 Å². The van der Waals surface area contributed by atoms with E-state index in [0.29, 0.717) is 17.8 Å². The van der Waals surface area contributed by atoms with Crippen molar-refractivity contribution < 1.29 is 40.8 Å². The van der Waals surface area contributed by atoms with Crippen LogP contribution in [0.15, 0.2) is 48.5 Å². The highest BCUT2D eigenvalue weighted by Crippen LogP contribution is 2.50. The number of hydrogen-bond acceptors (Lipinski definition) is 5. The molecule has 194 valence electrons. The smallest absolute Gasteiger partial charge is 0.399 e. The number of benzene rings is 2. The van der Waals surface area contributed by atoms with Gasteiger partial charge in [0, 0.05) is 27.3 Å². The normalized spacial score (nSPS) is 18.1. The topological polar surface area (TPSA) is 50.7 Å². The van der Waals surface area contributed by atoms with Gasteiger partial charge in [-0.1, -0.05) is 18.2 Å². The van der Waals surface area contributed by atoms with E-state index in [0.717, 1.165) is 32.6 Å². The fraction of sp³-hybridized carbons (Fsp3) is 0.417. The molecule has 0 saturated carbocycles. The maximum atomic E-state index is 13.1. The number of aliphatic hydroxyl groups is 1. The first-order chi connectivity index (χ1) is 16.4. The molecule has 3 aromatic rings. The zero-order valence-electron chi connectivity index (χ0n) is 19.8. The lowest BCUT2D eigenvalue weighted by atomic mass is 9.87. The van der Waals surface area contributed by atoms with Gasteiger partial charge in [0.15, 0.2) is 0 Å². The fourth-order valence-corrected chi connectivity index (χ4v) is 4.82. The van der Waals surface area contributed by atoms with Gasteiger partial charge in [-0.2, -0.15) is 26.3 Å². The first-order valence-electron chi connectivity index (χ1n) is 11.0. The second-order valence-corrected chi connectivity index (χ2v) is 10.9. The minimum Gasteiger partial charge on any atom is -0.399 e. The minimum atomic E-state index is -5.92. The van der Waals surface area contributed by atoms with Crippen LogP contribution in [0.4, 0.5) is 32.0 Å². The van der Waals surface area contributed by atoms with Crippen LogP contribution in [0.3, 0.4) is 0 Å². The van der Waals surface area contributed by atoms with Crippen molar-refractivity contribution in [3.05, 3.63) is 59.7 Å². The van der Waals surface area contributed by atoms with Crippen molar-refractivity contribution in [3.8, 4) is 0 Å². The Balaban J connectivity index is 1.48. The molecule has 0 spiro atoms. The summed E-state index contributed by atoms with van der Waals surface area (Å²) in [7, 11) is -0.487. The summed E-state index contributed by atoms with van der Waals surface area (Å²) in [6.45, 7) is 8.18. The molecule has 4 rings (SSSR count). The third-order valence-electron chi connectivity index (χ3n) is 6.71. The third kappa shape index (κ3) is 4.60. The molecular weight excluding hydrogens is 507 g/mol. The highest BCUT2D eigenvalue weighted by atomic mass is 32.1. The minimum absolute atomic E-state index is 0.278. The van der Waals surface area contributed by atoms with Crippen molar-refractivity contribution in [1.82, 2.24) is 0 Å². The van der Waals surface area contributed by atoms with Gasteiger partial charge in [0.1, 0.15) is 0 Å². The molecule has 0 bridgehead atoms. The lowest BCUT2D eigenvalue weighted by Crippen LogP contribution is -2.53. The molecule has 36 heavy (non-hydrogen) atoms. The molecule has 0 atom stereocenters. The average Bonchev–Trinajstić information content (AvgIpc) is 3.27. The Labute approximate surface area is 208 Å². The molecule has 1 saturated heterocycles. The van der Waals surface area contributed by atoms with Gasteiger partial charge in [0.2, 0.25) is 0 Å². The lowest BCUT2D eigenvalue weighted by Gasteiger charge is -2.32. The maximum absolute atomic E-state index is 13.1. The van der Waals surface area contributed by atoms with E-state index in [2.05, 4.69) is 5.32 Å². The van der Waals surface area contributed by atoms with Crippen molar-refractivity contribution in [2.24, 2.45) is 0 Å². The molecule has 1 aromatic heterocycles. The Morgan fingerprint density at radius 1 is 0.861 bits per heavy atom. The number of rotatable bonds is 5. The van der Waals surface area contributed by atoms with Crippen molar-refractivity contribution in [2.75, 3.05) is 5.32 Å². The Kier molecular flexibility index (Phi) is 6.43. The second kappa shape index (κ2) is 8.64. The van der Waals surface area contributed by atoms with Crippen LogP contribution in [0.25, 0.3) is 10.1 Å². The standard InChI is InChI=1S/C24H24BF6NO3S/c1-20(2)21(3,4)35-25(34-20)19-12-15-11-14(5-10-18(15)36-19)13-32-17-8-6-16(7-9-17)22(33,23(26,27)28)24(29,30)31/h5-12,32-33H,13H2,1-4H3. The molecule has 2 heterocycles. The summed E-state index contributed by atoms with van der Waals surface area (Å²) in [5, 5.41) is 13.4. The molecule has 2 aromatic carbocycles. The number of nitrogens with one attached hydrogen (secondary N) is 1. The molecule has 2 N–H and O–H groups in total. The molecule has 0 unspecified atom stereocenters. The number of anilines is 1. The SMILES string of the molecule is CC1(C)OB(c2cc3cc(CNc4ccc(C(O)(C(F)(F)F)C(F)(F)F)cc4)ccc3s2)OC1(C)C. The molecule has 0 aliphatic carbocycles. The highest BCUT2D eigenvalue weighted by Gasteiger charge is 2.71. The summed E-state index contributed by atoms with van der Waals surface area (Å²) >= 11 is 1.55. The number of halogens is 6. The Bertz CT molecular complexity index is 1220. The van der Waals surface area contributed by atoms with Gasteiger partial charge in [-0.3, -0.25) is 0 Å². The largest absolute Gasteiger partial charge is 0.505 e. The summed E-state index contributed by atoms with van der Waals surface area (Å²) < 4.78 is 92.5. The van der Waals surface area contributed by atoms with Crippen molar-refractivity contribution in [2.45, 2.75) is 63.4 Å². The van der Waals surface area contributed by atoms with Crippen LogP contribution in [-0.2, 0) is 21.5 Å². The van der Waals surface area contributed by atoms with Gasteiger partial charge >= 0.3 is 19.5 Å². The zero-order chi connectivity index (χ0) is 26.7. The van der Waals surface area contributed by atoms with E-state index in [1.54, 1.807) is 11.3 Å². The quantitative estimate of drug-likeness (QED) is 0.308. The Morgan fingerprint density at radius 3 is 1.94 bits per heavy atom. The van der Waals surface area contributed by atoms with E-state index < -0.39 is 41.8 Å². The van der Waals surface area contributed by atoms with Crippen LogP contribution in [0.2, 0.25) is 0 Å². The fourth-order valence-electron chi connectivity index (χ4n) is 3.82. The molecule has 4 nitrogen and oxygen atoms in total. The summed E-state index contributed by atoms with van der Waals surface area (Å²) in [4.78, 5) is 0. The number of fused-ring (bicyclic) bond motifs is 1. The van der Waals surface area contributed by atoms with Gasteiger partial charge in [0.05, 0.1) is 11.2 Å². The molecule has 1 aliphatic rings. The molecule has 0 amide bonds. The van der Waals surface area contributed by atoms with Gasteiger partial charge < -0.3 is 19.7 Å². The van der Waals surface area contributed by atoms with Gasteiger partial charge in [-0.05, 0) is 69.0 Å². The van der Waals surface area contributed by atoms with Crippen LogP contribution in [0.1, 0.15) is 38.8 Å². The number of alkyl halides is 6. The number of thiophene rings is 1. The third-order valence-corrected chi connectivity index (χ3v) is 7.84. The summed E-state index contributed by atoms with van der Waals surface area (Å²) in [5.41, 5.74) is -6.02. The van der Waals surface area contributed by atoms with Crippen molar-refractivity contribution in [1.29, 1.82) is 0 Å². The monoisotopic (exact) mass is 531 g/mol. The van der Waals surface area contributed by atoms with Crippen molar-refractivity contribution >= 4 is 39.0 Å². The van der Waals surface area contributed by atoms with Crippen LogP contribution < -0.4 is 10.1 Å². The Hall–Kier alpha value is -2.28. The van der Waals surface area contributed by atoms with E-state index in [9.17, 15) is 31.4 Å². The highest BCUT2D eigenvalue weighted by molar-refractivity contribution is 7.28. The molecule has 1 aliphatic heterocycles. The molecule has 1 fully saturated rings. The van der Waals surface area contributed by atoms with E-state index in [1.165, 1.54) is 0 Å². The molecule has 0 radical (unpaired) electrons. The van der Waals surface area contributed by atoms with Gasteiger partial charge in [-0.25, -0.2) is 0 Å². The molecular formula is C24H24BF6NO3S. The van der Waals surface area contributed by atoms with Crippen LogP contribution in [0.5, 0.6) is 0 Å². The summed E-state index contributed by atoms with van der Waals surface area (Å²) in [5.74, 6) is 0. The summed E-state index contributed by atoms with van der Waals surface area (Å²) in [6.07, 6.45) is -11.8. The molecule has 12 heteroatoms. The first-order valence-corrected chi connectivity index (χ1v) is 11.8. The van der Waals surface area contributed by atoms with E-state index in [1.807, 2.05) is 52.0 Å². The van der Waals surface area contributed by atoms with Crippen LogP contribution in [-0.4, -0.2) is 35.8 Å². The van der Waals surface area contributed by atoms with E-state index in [4.69, 9.17) is 9.31 Å². The van der Waals surface area contributed by atoms with E-state index >= 15 is 0 Å².